The summed E-state index contributed by atoms with van der Waals surface area (Å²) in [4.78, 5) is 0. The summed E-state index contributed by atoms with van der Waals surface area (Å²) in [5, 5.41) is 7.36. The monoisotopic (exact) mass is 280 g/mol. The number of rotatable bonds is 4. The summed E-state index contributed by atoms with van der Waals surface area (Å²) in [5.74, 6) is 2.77. The molecular formula is C14H17ClN2S. The molecule has 0 saturated carbocycles. The van der Waals surface area contributed by atoms with Gasteiger partial charge >= 0.3 is 0 Å². The van der Waals surface area contributed by atoms with E-state index in [-0.39, 0.29) is 0 Å². The largest absolute Gasteiger partial charge is 0.346 e. The van der Waals surface area contributed by atoms with Gasteiger partial charge in [0, 0.05) is 0 Å². The lowest BCUT2D eigenvalue weighted by atomic mass is 9.94. The number of halogens is 1. The SMILES string of the molecule is C#CC(CC)(CC)NC(=S)Nc1ccccc1Cl. The van der Waals surface area contributed by atoms with Crippen LogP contribution in [0.25, 0.3) is 0 Å². The minimum atomic E-state index is -0.397. The number of benzene rings is 1. The van der Waals surface area contributed by atoms with Gasteiger partial charge in [0.05, 0.1) is 16.2 Å². The van der Waals surface area contributed by atoms with Crippen LogP contribution in [0.5, 0.6) is 0 Å². The van der Waals surface area contributed by atoms with E-state index in [4.69, 9.17) is 30.2 Å². The molecule has 0 amide bonds. The number of thiocarbonyl (C=S) groups is 1. The van der Waals surface area contributed by atoms with Crippen LogP contribution in [-0.2, 0) is 0 Å². The topological polar surface area (TPSA) is 24.1 Å². The third-order valence-electron chi connectivity index (χ3n) is 2.96. The molecular weight excluding hydrogens is 264 g/mol. The van der Waals surface area contributed by atoms with Crippen molar-refractivity contribution in [1.82, 2.24) is 5.32 Å². The van der Waals surface area contributed by atoms with E-state index in [2.05, 4.69) is 16.6 Å². The summed E-state index contributed by atoms with van der Waals surface area (Å²) in [7, 11) is 0. The predicted molar refractivity (Wildman–Crippen MR) is 83.0 cm³/mol. The molecule has 1 aromatic carbocycles. The number of hydrogen-bond acceptors (Lipinski definition) is 1. The smallest absolute Gasteiger partial charge is 0.172 e. The van der Waals surface area contributed by atoms with Crippen molar-refractivity contribution in [2.45, 2.75) is 32.2 Å². The fourth-order valence-corrected chi connectivity index (χ4v) is 2.09. The van der Waals surface area contributed by atoms with E-state index < -0.39 is 5.54 Å². The first-order valence-corrected chi connectivity index (χ1v) is 6.67. The molecule has 0 bridgehead atoms. The summed E-state index contributed by atoms with van der Waals surface area (Å²) < 4.78 is 0. The van der Waals surface area contributed by atoms with E-state index in [1.807, 2.05) is 32.0 Å². The van der Waals surface area contributed by atoms with Gasteiger partial charge in [-0.15, -0.1) is 6.42 Å². The molecule has 0 radical (unpaired) electrons. The molecule has 0 aromatic heterocycles. The molecule has 0 aliphatic rings. The van der Waals surface area contributed by atoms with Gasteiger partial charge in [-0.3, -0.25) is 0 Å². The van der Waals surface area contributed by atoms with Crippen molar-refractivity contribution >= 4 is 34.6 Å². The van der Waals surface area contributed by atoms with Crippen LogP contribution < -0.4 is 10.6 Å². The maximum Gasteiger partial charge on any atom is 0.172 e. The maximum atomic E-state index is 6.05. The highest BCUT2D eigenvalue weighted by Crippen LogP contribution is 2.21. The molecule has 0 spiro atoms. The third-order valence-corrected chi connectivity index (χ3v) is 3.49. The molecule has 18 heavy (non-hydrogen) atoms. The standard InChI is InChI=1S/C14H17ClN2S/c1-4-14(5-2,6-3)17-13(18)16-12-10-8-7-9-11(12)15/h1,7-10H,5-6H2,2-3H3,(H2,16,17,18). The van der Waals surface area contributed by atoms with Crippen molar-refractivity contribution < 1.29 is 0 Å². The second-order valence-corrected chi connectivity index (χ2v) is 4.81. The Hall–Kier alpha value is -1.24. The summed E-state index contributed by atoms with van der Waals surface area (Å²) in [6, 6.07) is 7.44. The first kappa shape index (κ1) is 14.8. The molecule has 2 N–H and O–H groups in total. The van der Waals surface area contributed by atoms with E-state index >= 15 is 0 Å². The normalized spacial score (nSPS) is 10.6. The van der Waals surface area contributed by atoms with Crippen LogP contribution in [0, 0.1) is 12.3 Å². The van der Waals surface area contributed by atoms with Crippen LogP contribution >= 0.6 is 23.8 Å². The number of terminal acetylenes is 1. The molecule has 0 atom stereocenters. The highest BCUT2D eigenvalue weighted by molar-refractivity contribution is 7.80. The lowest BCUT2D eigenvalue weighted by molar-refractivity contribution is 0.461. The highest BCUT2D eigenvalue weighted by atomic mass is 35.5. The van der Waals surface area contributed by atoms with Crippen molar-refractivity contribution in [3.63, 3.8) is 0 Å². The van der Waals surface area contributed by atoms with Crippen LogP contribution in [0.4, 0.5) is 5.69 Å². The van der Waals surface area contributed by atoms with Gasteiger partial charge in [-0.1, -0.05) is 43.5 Å². The Morgan fingerprint density at radius 3 is 2.50 bits per heavy atom. The fourth-order valence-electron chi connectivity index (χ4n) is 1.60. The molecule has 0 aliphatic heterocycles. The van der Waals surface area contributed by atoms with Gasteiger partial charge in [0.1, 0.15) is 0 Å². The van der Waals surface area contributed by atoms with Gasteiger partial charge in [0.2, 0.25) is 0 Å². The van der Waals surface area contributed by atoms with Gasteiger partial charge in [-0.2, -0.15) is 0 Å². The number of anilines is 1. The molecule has 4 heteroatoms. The molecule has 0 saturated heterocycles. The lowest BCUT2D eigenvalue weighted by Crippen LogP contribution is -2.48. The summed E-state index contributed by atoms with van der Waals surface area (Å²) in [6.07, 6.45) is 7.19. The summed E-state index contributed by atoms with van der Waals surface area (Å²) in [6.45, 7) is 4.07. The Labute approximate surface area is 119 Å². The van der Waals surface area contributed by atoms with Crippen LogP contribution in [0.2, 0.25) is 5.02 Å². The first-order chi connectivity index (χ1) is 8.56. The minimum Gasteiger partial charge on any atom is -0.346 e. The molecule has 0 unspecified atom stereocenters. The van der Waals surface area contributed by atoms with Crippen LogP contribution in [0.15, 0.2) is 24.3 Å². The summed E-state index contributed by atoms with van der Waals surface area (Å²) >= 11 is 11.3. The van der Waals surface area contributed by atoms with Crippen molar-refractivity contribution in [3.05, 3.63) is 29.3 Å². The van der Waals surface area contributed by atoms with Gasteiger partial charge in [-0.25, -0.2) is 0 Å². The van der Waals surface area contributed by atoms with E-state index in [0.29, 0.717) is 10.1 Å². The van der Waals surface area contributed by atoms with Crippen molar-refractivity contribution in [3.8, 4) is 12.3 Å². The van der Waals surface area contributed by atoms with Gasteiger partial charge in [-0.05, 0) is 37.2 Å². The Morgan fingerprint density at radius 1 is 1.39 bits per heavy atom. The van der Waals surface area contributed by atoms with E-state index in [0.717, 1.165) is 18.5 Å². The van der Waals surface area contributed by atoms with Crippen molar-refractivity contribution in [1.29, 1.82) is 0 Å². The van der Waals surface area contributed by atoms with Crippen LogP contribution in [-0.4, -0.2) is 10.7 Å². The lowest BCUT2D eigenvalue weighted by Gasteiger charge is -2.28. The Kier molecular flexibility index (Phi) is 5.46. The quantitative estimate of drug-likeness (QED) is 0.648. The second-order valence-electron chi connectivity index (χ2n) is 3.99. The average Bonchev–Trinajstić information content (AvgIpc) is 2.39. The molecule has 96 valence electrons. The molecule has 1 aromatic rings. The molecule has 2 nitrogen and oxygen atoms in total. The van der Waals surface area contributed by atoms with Crippen molar-refractivity contribution in [2.24, 2.45) is 0 Å². The predicted octanol–water partition coefficient (Wildman–Crippen LogP) is 3.82. The zero-order chi connectivity index (χ0) is 13.6. The fraction of sp³-hybridized carbons (Fsp3) is 0.357. The Morgan fingerprint density at radius 2 is 2.00 bits per heavy atom. The van der Waals surface area contributed by atoms with Gasteiger partial charge < -0.3 is 10.6 Å². The number of hydrogen-bond donors (Lipinski definition) is 2. The zero-order valence-electron chi connectivity index (χ0n) is 10.6. The Bertz CT molecular complexity index is 461. The van der Waals surface area contributed by atoms with Gasteiger partial charge in [0.25, 0.3) is 0 Å². The average molecular weight is 281 g/mol. The van der Waals surface area contributed by atoms with Crippen LogP contribution in [0.1, 0.15) is 26.7 Å². The number of nitrogens with one attached hydrogen (secondary N) is 2. The second kappa shape index (κ2) is 6.63. The number of para-hydroxylation sites is 1. The molecule has 0 aliphatic carbocycles. The van der Waals surface area contributed by atoms with E-state index in [9.17, 15) is 0 Å². The van der Waals surface area contributed by atoms with E-state index in [1.54, 1.807) is 6.07 Å². The van der Waals surface area contributed by atoms with Gasteiger partial charge in [0.15, 0.2) is 5.11 Å². The minimum absolute atomic E-state index is 0.397. The summed E-state index contributed by atoms with van der Waals surface area (Å²) in [5.41, 5.74) is 0.375. The first-order valence-electron chi connectivity index (χ1n) is 5.88. The maximum absolute atomic E-state index is 6.05. The van der Waals surface area contributed by atoms with E-state index in [1.165, 1.54) is 0 Å². The van der Waals surface area contributed by atoms with Crippen LogP contribution in [0.3, 0.4) is 0 Å². The molecule has 0 fully saturated rings. The highest BCUT2D eigenvalue weighted by Gasteiger charge is 2.23. The Balaban J connectivity index is 2.74. The third kappa shape index (κ3) is 3.63. The molecule has 0 heterocycles. The van der Waals surface area contributed by atoms with Crippen molar-refractivity contribution in [2.75, 3.05) is 5.32 Å². The zero-order valence-corrected chi connectivity index (χ0v) is 12.2. The molecule has 1 rings (SSSR count).